The highest BCUT2D eigenvalue weighted by Gasteiger charge is 2.24. The summed E-state index contributed by atoms with van der Waals surface area (Å²) in [4.78, 5) is 16.8. The van der Waals surface area contributed by atoms with Gasteiger partial charge in [0.25, 0.3) is 0 Å². The number of likely N-dealkylation sites (tertiary alicyclic amines) is 1. The fourth-order valence-corrected chi connectivity index (χ4v) is 2.97. The van der Waals surface area contributed by atoms with Crippen LogP contribution in [0.4, 0.5) is 5.69 Å². The second-order valence-corrected chi connectivity index (χ2v) is 6.15. The topological polar surface area (TPSA) is 49.6 Å². The zero-order valence-corrected chi connectivity index (χ0v) is 14.4. The summed E-state index contributed by atoms with van der Waals surface area (Å²) in [5.74, 6) is 0.814. The van der Waals surface area contributed by atoms with E-state index in [2.05, 4.69) is 18.7 Å². The molecule has 0 saturated carbocycles. The highest BCUT2D eigenvalue weighted by Crippen LogP contribution is 2.19. The van der Waals surface area contributed by atoms with Crippen molar-refractivity contribution in [1.29, 1.82) is 0 Å². The molecule has 5 heteroatoms. The van der Waals surface area contributed by atoms with Gasteiger partial charge >= 0.3 is 0 Å². The molecule has 2 N–H and O–H groups in total. The first-order valence-corrected chi connectivity index (χ1v) is 7.91. The SMILES string of the molecule is CC(C)N(C(=O)CN1CCC(CN)CC1)c1ccccc1.Cl. The summed E-state index contributed by atoms with van der Waals surface area (Å²) >= 11 is 0. The van der Waals surface area contributed by atoms with Gasteiger partial charge in [0.1, 0.15) is 0 Å². The van der Waals surface area contributed by atoms with E-state index in [1.165, 1.54) is 0 Å². The Morgan fingerprint density at radius 2 is 1.86 bits per heavy atom. The Kier molecular flexibility index (Phi) is 7.87. The van der Waals surface area contributed by atoms with Gasteiger partial charge in [-0.25, -0.2) is 0 Å². The van der Waals surface area contributed by atoms with Crippen LogP contribution in [0.2, 0.25) is 0 Å². The van der Waals surface area contributed by atoms with E-state index in [0.717, 1.165) is 38.2 Å². The molecule has 124 valence electrons. The van der Waals surface area contributed by atoms with Crippen LogP contribution in [0.1, 0.15) is 26.7 Å². The second kappa shape index (κ2) is 9.13. The Balaban J connectivity index is 0.00000242. The molecule has 1 aliphatic rings. The molecule has 1 amide bonds. The molecular weight excluding hydrogens is 298 g/mol. The third kappa shape index (κ3) is 4.97. The number of anilines is 1. The first-order chi connectivity index (χ1) is 10.1. The molecule has 0 bridgehead atoms. The van der Waals surface area contributed by atoms with Crippen LogP contribution >= 0.6 is 12.4 Å². The van der Waals surface area contributed by atoms with Crippen LogP contribution in [0, 0.1) is 5.92 Å². The minimum atomic E-state index is 0. The smallest absolute Gasteiger partial charge is 0.241 e. The predicted molar refractivity (Wildman–Crippen MR) is 94.5 cm³/mol. The number of piperidine rings is 1. The maximum Gasteiger partial charge on any atom is 0.241 e. The van der Waals surface area contributed by atoms with E-state index in [9.17, 15) is 4.79 Å². The number of rotatable bonds is 5. The molecule has 1 aromatic carbocycles. The quantitative estimate of drug-likeness (QED) is 0.905. The molecule has 1 saturated heterocycles. The number of amides is 1. The van der Waals surface area contributed by atoms with Crippen molar-refractivity contribution in [2.24, 2.45) is 11.7 Å². The van der Waals surface area contributed by atoms with Gasteiger partial charge in [-0.3, -0.25) is 9.69 Å². The molecule has 1 fully saturated rings. The summed E-state index contributed by atoms with van der Waals surface area (Å²) in [5.41, 5.74) is 6.70. The summed E-state index contributed by atoms with van der Waals surface area (Å²) in [5, 5.41) is 0. The molecule has 2 rings (SSSR count). The lowest BCUT2D eigenvalue weighted by Crippen LogP contribution is -2.46. The third-order valence-electron chi connectivity index (χ3n) is 4.22. The summed E-state index contributed by atoms with van der Waals surface area (Å²) in [6.07, 6.45) is 2.22. The molecule has 0 radical (unpaired) electrons. The van der Waals surface area contributed by atoms with Crippen molar-refractivity contribution in [3.05, 3.63) is 30.3 Å². The van der Waals surface area contributed by atoms with E-state index in [0.29, 0.717) is 12.5 Å². The number of carbonyl (C=O) groups excluding carboxylic acids is 1. The van der Waals surface area contributed by atoms with Crippen LogP contribution in [0.5, 0.6) is 0 Å². The van der Waals surface area contributed by atoms with Crippen LogP contribution in [0.15, 0.2) is 30.3 Å². The number of benzene rings is 1. The molecule has 1 aromatic rings. The number of para-hydroxylation sites is 1. The minimum Gasteiger partial charge on any atom is -0.330 e. The van der Waals surface area contributed by atoms with Gasteiger partial charge in [0.15, 0.2) is 0 Å². The molecular formula is C17H28ClN3O. The zero-order chi connectivity index (χ0) is 15.2. The normalized spacial score (nSPS) is 16.4. The van der Waals surface area contributed by atoms with Crippen LogP contribution < -0.4 is 10.6 Å². The zero-order valence-electron chi connectivity index (χ0n) is 13.6. The molecule has 0 atom stereocenters. The van der Waals surface area contributed by atoms with E-state index in [1.807, 2.05) is 35.2 Å². The standard InChI is InChI=1S/C17H27N3O.ClH/c1-14(2)20(16-6-4-3-5-7-16)17(21)13-19-10-8-15(12-18)9-11-19;/h3-7,14-15H,8-13,18H2,1-2H3;1H. The van der Waals surface area contributed by atoms with Gasteiger partial charge in [-0.1, -0.05) is 18.2 Å². The van der Waals surface area contributed by atoms with Gasteiger partial charge in [-0.2, -0.15) is 0 Å². The number of carbonyl (C=O) groups is 1. The number of hydrogen-bond acceptors (Lipinski definition) is 3. The number of halogens is 1. The first-order valence-electron chi connectivity index (χ1n) is 7.91. The van der Waals surface area contributed by atoms with E-state index in [-0.39, 0.29) is 24.4 Å². The van der Waals surface area contributed by atoms with E-state index in [1.54, 1.807) is 0 Å². The lowest BCUT2D eigenvalue weighted by Gasteiger charge is -2.34. The van der Waals surface area contributed by atoms with Crippen LogP contribution in [0.25, 0.3) is 0 Å². The van der Waals surface area contributed by atoms with Crippen molar-refractivity contribution in [3.8, 4) is 0 Å². The monoisotopic (exact) mass is 325 g/mol. The first kappa shape index (κ1) is 18.9. The highest BCUT2D eigenvalue weighted by molar-refractivity contribution is 5.95. The molecule has 4 nitrogen and oxygen atoms in total. The number of nitrogens with two attached hydrogens (primary N) is 1. The van der Waals surface area contributed by atoms with Gasteiger partial charge in [-0.15, -0.1) is 12.4 Å². The van der Waals surface area contributed by atoms with E-state index < -0.39 is 0 Å². The molecule has 0 unspecified atom stereocenters. The van der Waals surface area contributed by atoms with E-state index in [4.69, 9.17) is 5.73 Å². The Labute approximate surface area is 140 Å². The van der Waals surface area contributed by atoms with Gasteiger partial charge in [0.05, 0.1) is 6.54 Å². The van der Waals surface area contributed by atoms with Crippen molar-refractivity contribution in [2.75, 3.05) is 31.1 Å². The fourth-order valence-electron chi connectivity index (χ4n) is 2.97. The average Bonchev–Trinajstić information content (AvgIpc) is 2.49. The van der Waals surface area contributed by atoms with Gasteiger partial charge in [0, 0.05) is 11.7 Å². The average molecular weight is 326 g/mol. The summed E-state index contributed by atoms with van der Waals surface area (Å²) in [6, 6.07) is 10.1. The van der Waals surface area contributed by atoms with Crippen LogP contribution in [-0.4, -0.2) is 43.0 Å². The molecule has 0 aliphatic carbocycles. The maximum absolute atomic E-state index is 12.7. The van der Waals surface area contributed by atoms with Crippen molar-refractivity contribution < 1.29 is 4.79 Å². The minimum absolute atomic E-state index is 0. The lowest BCUT2D eigenvalue weighted by molar-refractivity contribution is -0.120. The van der Waals surface area contributed by atoms with Crippen molar-refractivity contribution in [3.63, 3.8) is 0 Å². The summed E-state index contributed by atoms with van der Waals surface area (Å²) in [7, 11) is 0. The lowest BCUT2D eigenvalue weighted by atomic mass is 9.97. The van der Waals surface area contributed by atoms with Gasteiger partial charge in [-0.05, 0) is 64.4 Å². The van der Waals surface area contributed by atoms with Crippen molar-refractivity contribution in [1.82, 2.24) is 4.90 Å². The predicted octanol–water partition coefficient (Wildman–Crippen LogP) is 2.52. The van der Waals surface area contributed by atoms with Gasteiger partial charge in [0.2, 0.25) is 5.91 Å². The molecule has 1 heterocycles. The molecule has 0 spiro atoms. The second-order valence-electron chi connectivity index (χ2n) is 6.15. The summed E-state index contributed by atoms with van der Waals surface area (Å²) < 4.78 is 0. The Morgan fingerprint density at radius 3 is 2.36 bits per heavy atom. The Morgan fingerprint density at radius 1 is 1.27 bits per heavy atom. The fraction of sp³-hybridized carbons (Fsp3) is 0.588. The molecule has 1 aliphatic heterocycles. The number of nitrogens with zero attached hydrogens (tertiary/aromatic N) is 2. The van der Waals surface area contributed by atoms with Crippen molar-refractivity contribution >= 4 is 24.0 Å². The Hall–Kier alpha value is -1.10. The van der Waals surface area contributed by atoms with E-state index >= 15 is 0 Å². The maximum atomic E-state index is 12.7. The highest BCUT2D eigenvalue weighted by atomic mass is 35.5. The molecule has 0 aromatic heterocycles. The summed E-state index contributed by atoms with van der Waals surface area (Å²) in [6.45, 7) is 7.36. The van der Waals surface area contributed by atoms with Gasteiger partial charge < -0.3 is 10.6 Å². The number of hydrogen-bond donors (Lipinski definition) is 1. The van der Waals surface area contributed by atoms with Crippen molar-refractivity contribution in [2.45, 2.75) is 32.7 Å². The largest absolute Gasteiger partial charge is 0.330 e. The third-order valence-corrected chi connectivity index (χ3v) is 4.22. The molecule has 22 heavy (non-hydrogen) atoms. The van der Waals surface area contributed by atoms with Crippen LogP contribution in [0.3, 0.4) is 0 Å². The van der Waals surface area contributed by atoms with Crippen LogP contribution in [-0.2, 0) is 4.79 Å². The Bertz CT molecular complexity index is 444.